The van der Waals surface area contributed by atoms with Gasteiger partial charge in [0.2, 0.25) is 11.1 Å². The van der Waals surface area contributed by atoms with Crippen LogP contribution in [0.15, 0.2) is 52.9 Å². The maximum Gasteiger partial charge on any atom is 0.261 e. The molecule has 28 heavy (non-hydrogen) atoms. The average molecular weight is 376 g/mol. The predicted octanol–water partition coefficient (Wildman–Crippen LogP) is 3.70. The van der Waals surface area contributed by atoms with E-state index in [0.717, 1.165) is 73.6 Å². The molecule has 3 heterocycles. The molecule has 0 radical (unpaired) electrons. The number of rotatable bonds is 5. The Balaban J connectivity index is 1.51. The first-order chi connectivity index (χ1) is 13.8. The minimum absolute atomic E-state index is 0.854. The second-order valence-electron chi connectivity index (χ2n) is 7.46. The summed E-state index contributed by atoms with van der Waals surface area (Å²) in [7, 11) is 2.12. The van der Waals surface area contributed by atoms with E-state index in [-0.39, 0.29) is 0 Å². The Morgan fingerprint density at radius 3 is 2.61 bits per heavy atom. The van der Waals surface area contributed by atoms with Gasteiger partial charge < -0.3 is 14.5 Å². The number of nitrogens with zero attached hydrogens (tertiary/aromatic N) is 2. The minimum Gasteiger partial charge on any atom is -0.447 e. The summed E-state index contributed by atoms with van der Waals surface area (Å²) < 4.78 is 14.0. The zero-order chi connectivity index (χ0) is 18.9. The van der Waals surface area contributed by atoms with Crippen LogP contribution in [0.1, 0.15) is 6.42 Å². The number of fused-ring (bicyclic) bond motifs is 4. The Kier molecular flexibility index (Phi) is 4.63. The van der Waals surface area contributed by atoms with Gasteiger partial charge in [0.05, 0.1) is 29.7 Å². The fourth-order valence-electron chi connectivity index (χ4n) is 4.27. The van der Waals surface area contributed by atoms with Gasteiger partial charge in [-0.25, -0.2) is 0 Å². The molecule has 1 N–H and O–H groups in total. The van der Waals surface area contributed by atoms with Crippen LogP contribution in [0.4, 0.5) is 5.69 Å². The number of furan rings is 1. The Hall–Kier alpha value is -2.63. The third kappa shape index (κ3) is 3.01. The monoisotopic (exact) mass is 376 g/mol. The summed E-state index contributed by atoms with van der Waals surface area (Å²) in [6.45, 7) is 5.80. The average Bonchev–Trinajstić information content (AvgIpc) is 3.13. The maximum atomic E-state index is 6.31. The van der Waals surface area contributed by atoms with Crippen molar-refractivity contribution in [3.05, 3.63) is 48.5 Å². The van der Waals surface area contributed by atoms with Crippen LogP contribution in [0.2, 0.25) is 0 Å². The van der Waals surface area contributed by atoms with E-state index in [1.807, 2.05) is 12.1 Å². The van der Waals surface area contributed by atoms with E-state index in [1.54, 1.807) is 0 Å². The van der Waals surface area contributed by atoms with Gasteiger partial charge in [-0.05, 0) is 31.2 Å². The molecule has 5 heteroatoms. The van der Waals surface area contributed by atoms with Crippen molar-refractivity contribution >= 4 is 38.7 Å². The van der Waals surface area contributed by atoms with Gasteiger partial charge in [-0.1, -0.05) is 24.3 Å². The highest BCUT2D eigenvalue weighted by atomic mass is 16.5. The number of aryl methyl sites for hydroxylation is 1. The first-order valence-corrected chi connectivity index (χ1v) is 10.1. The lowest BCUT2D eigenvalue weighted by molar-refractivity contribution is -0.616. The summed E-state index contributed by atoms with van der Waals surface area (Å²) in [6.07, 6.45) is 1.09. The van der Waals surface area contributed by atoms with Crippen molar-refractivity contribution < 1.29 is 13.7 Å². The zero-order valence-corrected chi connectivity index (χ0v) is 16.3. The normalized spacial score (nSPS) is 15.6. The fourth-order valence-corrected chi connectivity index (χ4v) is 4.27. The van der Waals surface area contributed by atoms with Crippen molar-refractivity contribution in [1.29, 1.82) is 0 Å². The SMILES string of the molecule is C[n+]1c2ccccc2c(NCCCN2CCOCC2)c2oc3ccccc3c21. The summed E-state index contributed by atoms with van der Waals surface area (Å²) in [4.78, 5) is 2.48. The summed E-state index contributed by atoms with van der Waals surface area (Å²) >= 11 is 0. The van der Waals surface area contributed by atoms with E-state index in [1.165, 1.54) is 10.9 Å². The summed E-state index contributed by atoms with van der Waals surface area (Å²) in [5.41, 5.74) is 5.32. The van der Waals surface area contributed by atoms with Crippen molar-refractivity contribution in [3.63, 3.8) is 0 Å². The van der Waals surface area contributed by atoms with Crippen molar-refractivity contribution in [3.8, 4) is 0 Å². The van der Waals surface area contributed by atoms with Crippen molar-refractivity contribution in [2.45, 2.75) is 6.42 Å². The molecule has 2 aromatic carbocycles. The molecule has 0 aliphatic carbocycles. The van der Waals surface area contributed by atoms with Crippen LogP contribution >= 0.6 is 0 Å². The highest BCUT2D eigenvalue weighted by molar-refractivity contribution is 6.11. The highest BCUT2D eigenvalue weighted by Gasteiger charge is 2.24. The van der Waals surface area contributed by atoms with Gasteiger partial charge in [-0.2, -0.15) is 4.57 Å². The number of benzene rings is 2. The van der Waals surface area contributed by atoms with Crippen LogP contribution in [0.25, 0.3) is 33.0 Å². The second-order valence-corrected chi connectivity index (χ2v) is 7.46. The molecule has 0 amide bonds. The molecule has 2 aromatic heterocycles. The molecule has 0 spiro atoms. The smallest absolute Gasteiger partial charge is 0.261 e. The molecule has 0 bridgehead atoms. The summed E-state index contributed by atoms with van der Waals surface area (Å²) in [6, 6.07) is 16.8. The van der Waals surface area contributed by atoms with Crippen LogP contribution in [0.3, 0.4) is 0 Å². The Morgan fingerprint density at radius 2 is 1.75 bits per heavy atom. The number of aromatic nitrogens is 1. The first kappa shape index (κ1) is 17.5. The molecular formula is C23H26N3O2+. The maximum absolute atomic E-state index is 6.31. The van der Waals surface area contributed by atoms with Crippen LogP contribution < -0.4 is 9.88 Å². The second kappa shape index (κ2) is 7.41. The number of anilines is 1. The van der Waals surface area contributed by atoms with Gasteiger partial charge in [-0.3, -0.25) is 4.90 Å². The standard InChI is InChI=1S/C23H25N3O2/c1-25-19-9-4-2-7-17(19)21(24-11-6-12-26-13-15-27-16-14-26)23-22(25)18-8-3-5-10-20(18)28-23/h2-5,7-10H,6,11-16H2,1H3/p+1. The molecule has 1 saturated heterocycles. The Morgan fingerprint density at radius 1 is 1.00 bits per heavy atom. The lowest BCUT2D eigenvalue weighted by Gasteiger charge is -2.26. The Bertz CT molecular complexity index is 1130. The zero-order valence-electron chi connectivity index (χ0n) is 16.3. The number of morpholine rings is 1. The topological polar surface area (TPSA) is 41.5 Å². The highest BCUT2D eigenvalue weighted by Crippen LogP contribution is 2.35. The molecule has 5 rings (SSSR count). The van der Waals surface area contributed by atoms with E-state index < -0.39 is 0 Å². The van der Waals surface area contributed by atoms with Gasteiger partial charge in [0.25, 0.3) is 5.52 Å². The van der Waals surface area contributed by atoms with Gasteiger partial charge in [0.1, 0.15) is 12.6 Å². The van der Waals surface area contributed by atoms with Crippen molar-refractivity contribution in [2.24, 2.45) is 7.05 Å². The number of hydrogen-bond acceptors (Lipinski definition) is 4. The summed E-state index contributed by atoms with van der Waals surface area (Å²) in [5, 5.41) is 6.05. The van der Waals surface area contributed by atoms with Crippen LogP contribution in [0.5, 0.6) is 0 Å². The van der Waals surface area contributed by atoms with Crippen LogP contribution in [-0.2, 0) is 11.8 Å². The van der Waals surface area contributed by atoms with Crippen molar-refractivity contribution in [2.75, 3.05) is 44.7 Å². The molecule has 144 valence electrons. The van der Waals surface area contributed by atoms with E-state index in [2.05, 4.69) is 58.2 Å². The fraction of sp³-hybridized carbons (Fsp3) is 0.348. The Labute approximate surface area is 164 Å². The van der Waals surface area contributed by atoms with Gasteiger partial charge in [-0.15, -0.1) is 0 Å². The lowest BCUT2D eigenvalue weighted by atomic mass is 10.1. The minimum atomic E-state index is 0.854. The summed E-state index contributed by atoms with van der Waals surface area (Å²) in [5.74, 6) is 0. The molecule has 1 fully saturated rings. The third-order valence-corrected chi connectivity index (χ3v) is 5.72. The number of para-hydroxylation sites is 2. The number of nitrogens with one attached hydrogen (secondary N) is 1. The number of ether oxygens (including phenoxy) is 1. The molecule has 1 aliphatic rings. The van der Waals surface area contributed by atoms with Crippen LogP contribution in [0, 0.1) is 0 Å². The molecule has 1 aliphatic heterocycles. The predicted molar refractivity (Wildman–Crippen MR) is 113 cm³/mol. The van der Waals surface area contributed by atoms with Crippen molar-refractivity contribution in [1.82, 2.24) is 4.90 Å². The molecule has 4 aromatic rings. The van der Waals surface area contributed by atoms with Crippen LogP contribution in [-0.4, -0.2) is 44.3 Å². The largest absolute Gasteiger partial charge is 0.447 e. The molecule has 0 atom stereocenters. The molecule has 5 nitrogen and oxygen atoms in total. The van der Waals surface area contributed by atoms with E-state index in [9.17, 15) is 0 Å². The molecular weight excluding hydrogens is 350 g/mol. The van der Waals surface area contributed by atoms with Gasteiger partial charge in [0, 0.05) is 25.7 Å². The molecule has 0 saturated carbocycles. The molecule has 0 unspecified atom stereocenters. The number of pyridine rings is 1. The first-order valence-electron chi connectivity index (χ1n) is 10.1. The third-order valence-electron chi connectivity index (χ3n) is 5.72. The van der Waals surface area contributed by atoms with E-state index in [0.29, 0.717) is 0 Å². The number of hydrogen-bond donors (Lipinski definition) is 1. The quantitative estimate of drug-likeness (QED) is 0.426. The van der Waals surface area contributed by atoms with E-state index in [4.69, 9.17) is 9.15 Å². The van der Waals surface area contributed by atoms with E-state index >= 15 is 0 Å². The lowest BCUT2D eigenvalue weighted by Crippen LogP contribution is -2.37. The van der Waals surface area contributed by atoms with Gasteiger partial charge in [0.15, 0.2) is 0 Å². The van der Waals surface area contributed by atoms with Gasteiger partial charge >= 0.3 is 0 Å².